The Morgan fingerprint density at radius 3 is 2.72 bits per heavy atom. The number of hydrogen-bond acceptors (Lipinski definition) is 10. The van der Waals surface area contributed by atoms with Crippen molar-refractivity contribution < 1.29 is 14.3 Å². The summed E-state index contributed by atoms with van der Waals surface area (Å²) in [5, 5.41) is 12.3. The summed E-state index contributed by atoms with van der Waals surface area (Å²) >= 11 is 1.70. The van der Waals surface area contributed by atoms with Gasteiger partial charge in [-0.1, -0.05) is 31.2 Å². The average Bonchev–Trinajstić information content (AvgIpc) is 3.53. The molecule has 5 aromatic rings. The van der Waals surface area contributed by atoms with E-state index < -0.39 is 5.60 Å². The van der Waals surface area contributed by atoms with Crippen LogP contribution in [0.1, 0.15) is 56.8 Å². The molecule has 3 aromatic heterocycles. The first-order valence-corrected chi connectivity index (χ1v) is 16.9. The highest BCUT2D eigenvalue weighted by atomic mass is 32.1. The summed E-state index contributed by atoms with van der Waals surface area (Å²) < 4.78 is 12.2. The highest BCUT2D eigenvalue weighted by Gasteiger charge is 2.28. The van der Waals surface area contributed by atoms with Crippen LogP contribution in [0, 0.1) is 6.92 Å². The van der Waals surface area contributed by atoms with Crippen molar-refractivity contribution in [2.24, 2.45) is 0 Å². The number of pyridine rings is 1. The van der Waals surface area contributed by atoms with Gasteiger partial charge >= 0.3 is 6.09 Å². The summed E-state index contributed by atoms with van der Waals surface area (Å²) in [4.78, 5) is 33.1. The Balaban J connectivity index is 1.22. The van der Waals surface area contributed by atoms with E-state index in [0.717, 1.165) is 63.3 Å². The van der Waals surface area contributed by atoms with Crippen LogP contribution in [-0.2, 0) is 17.7 Å². The summed E-state index contributed by atoms with van der Waals surface area (Å²) in [5.74, 6) is 1.68. The van der Waals surface area contributed by atoms with Crippen LogP contribution >= 0.6 is 11.3 Å². The van der Waals surface area contributed by atoms with Gasteiger partial charge in [0.25, 0.3) is 0 Å². The van der Waals surface area contributed by atoms with Crippen LogP contribution in [0.5, 0.6) is 11.6 Å². The smallest absolute Gasteiger partial charge is 0.410 e. The Morgan fingerprint density at radius 2 is 1.91 bits per heavy atom. The van der Waals surface area contributed by atoms with Crippen LogP contribution in [0.15, 0.2) is 66.3 Å². The Hall–Kier alpha value is -4.77. The number of rotatable bonds is 9. The lowest BCUT2D eigenvalue weighted by Crippen LogP contribution is -2.47. The highest BCUT2D eigenvalue weighted by molar-refractivity contribution is 7.09. The minimum Gasteiger partial charge on any atom is -0.444 e. The zero-order valence-electron chi connectivity index (χ0n) is 27.5. The number of thiazole rings is 1. The van der Waals surface area contributed by atoms with Gasteiger partial charge in [0.1, 0.15) is 11.4 Å². The maximum Gasteiger partial charge on any atom is 0.410 e. The average molecular weight is 652 g/mol. The molecule has 0 bridgehead atoms. The molecule has 0 aliphatic carbocycles. The number of aromatic nitrogens is 4. The Morgan fingerprint density at radius 1 is 1.04 bits per heavy atom. The fourth-order valence-corrected chi connectivity index (χ4v) is 6.36. The fourth-order valence-electron chi connectivity index (χ4n) is 5.62. The summed E-state index contributed by atoms with van der Waals surface area (Å²) in [7, 11) is 0. The van der Waals surface area contributed by atoms with Gasteiger partial charge in [0.15, 0.2) is 0 Å². The molecule has 2 N–H and O–H groups in total. The Bertz CT molecular complexity index is 1870. The van der Waals surface area contributed by atoms with Crippen molar-refractivity contribution in [3.63, 3.8) is 0 Å². The van der Waals surface area contributed by atoms with Gasteiger partial charge in [-0.3, -0.25) is 0 Å². The van der Waals surface area contributed by atoms with E-state index in [2.05, 4.69) is 57.2 Å². The second kappa shape index (κ2) is 13.9. The molecule has 6 rings (SSSR count). The van der Waals surface area contributed by atoms with E-state index >= 15 is 0 Å². The Kier molecular flexibility index (Phi) is 9.53. The van der Waals surface area contributed by atoms with Crippen LogP contribution in [0.3, 0.4) is 0 Å². The predicted molar refractivity (Wildman–Crippen MR) is 187 cm³/mol. The molecule has 0 radical (unpaired) electrons. The van der Waals surface area contributed by atoms with Crippen molar-refractivity contribution in [3.05, 3.63) is 82.6 Å². The third-order valence-electron chi connectivity index (χ3n) is 7.88. The van der Waals surface area contributed by atoms with Gasteiger partial charge in [-0.2, -0.15) is 0 Å². The minimum absolute atomic E-state index is 0.00138. The number of nitrogens with zero attached hydrogens (tertiary/aromatic N) is 5. The second-order valence-corrected chi connectivity index (χ2v) is 13.6. The van der Waals surface area contributed by atoms with E-state index in [4.69, 9.17) is 19.4 Å². The number of amides is 1. The van der Waals surface area contributed by atoms with Gasteiger partial charge in [-0.05, 0) is 76.8 Å². The van der Waals surface area contributed by atoms with Crippen molar-refractivity contribution in [1.29, 1.82) is 0 Å². The normalized spacial score (nSPS) is 15.0. The highest BCUT2D eigenvalue weighted by Crippen LogP contribution is 2.38. The molecule has 1 aliphatic rings. The Labute approximate surface area is 279 Å². The number of piperidine rings is 1. The summed E-state index contributed by atoms with van der Waals surface area (Å²) in [6.07, 6.45) is 5.85. The maximum atomic E-state index is 12.7. The minimum atomic E-state index is -0.539. The molecular formula is C36H41N7O3S. The number of carbonyl (C=O) groups is 1. The van der Waals surface area contributed by atoms with Gasteiger partial charge < -0.3 is 25.0 Å². The van der Waals surface area contributed by atoms with Gasteiger partial charge in [-0.25, -0.2) is 24.7 Å². The van der Waals surface area contributed by atoms with Crippen LogP contribution in [0.2, 0.25) is 0 Å². The number of aryl methyl sites for hydroxylation is 2. The molecule has 1 amide bonds. The number of likely N-dealkylation sites (tertiary alicyclic amines) is 1. The molecule has 244 valence electrons. The van der Waals surface area contributed by atoms with Gasteiger partial charge in [-0.15, -0.1) is 11.3 Å². The standard InChI is InChI=1S/C36H41N7O3S/c1-6-31-40-25(22-47-31)20-39-29-13-7-11-27-26(29)15-14-23(2)32(27)45-33-28(12-8-17-37-33)30-16-18-38-34(42-30)41-24-10-9-19-43(21-24)35(44)46-36(3,4)5/h7-8,11-18,22,24,39H,6,9-10,19-21H2,1-5H3,(H,38,41,42)/t24-/m0/s1. The first-order valence-electron chi connectivity index (χ1n) is 16.1. The number of carbonyl (C=O) groups excluding carboxylic acids is 1. The van der Waals surface area contributed by atoms with E-state index in [1.807, 2.05) is 52.0 Å². The molecule has 1 aliphatic heterocycles. The molecule has 2 aromatic carbocycles. The van der Waals surface area contributed by atoms with Crippen molar-refractivity contribution in [3.8, 4) is 22.9 Å². The molecule has 0 unspecified atom stereocenters. The summed E-state index contributed by atoms with van der Waals surface area (Å²) in [5.41, 5.74) is 3.93. The zero-order chi connectivity index (χ0) is 33.0. The number of fused-ring (bicyclic) bond motifs is 1. The van der Waals surface area contributed by atoms with Crippen molar-refractivity contribution in [2.75, 3.05) is 23.7 Å². The first-order chi connectivity index (χ1) is 22.7. The monoisotopic (exact) mass is 651 g/mol. The molecular weight excluding hydrogens is 611 g/mol. The molecule has 1 saturated heterocycles. The molecule has 1 atom stereocenters. The molecule has 0 saturated carbocycles. The molecule has 0 spiro atoms. The van der Waals surface area contributed by atoms with E-state index in [9.17, 15) is 4.79 Å². The van der Waals surface area contributed by atoms with E-state index in [0.29, 0.717) is 37.2 Å². The van der Waals surface area contributed by atoms with Crippen LogP contribution < -0.4 is 15.4 Å². The number of ether oxygens (including phenoxy) is 2. The van der Waals surface area contributed by atoms with Crippen LogP contribution in [0.4, 0.5) is 16.4 Å². The number of nitrogens with one attached hydrogen (secondary N) is 2. The topological polar surface area (TPSA) is 114 Å². The maximum absolute atomic E-state index is 12.7. The lowest BCUT2D eigenvalue weighted by Gasteiger charge is -2.34. The third-order valence-corrected chi connectivity index (χ3v) is 8.92. The molecule has 47 heavy (non-hydrogen) atoms. The SMILES string of the molecule is CCc1nc(CNc2cccc3c(Oc4ncccc4-c4ccnc(N[C@H]5CCCN(C(=O)OC(C)(C)C)C5)n4)c(C)ccc23)cs1. The fraction of sp³-hybridized carbons (Fsp3) is 0.361. The molecule has 4 heterocycles. The van der Waals surface area contributed by atoms with Gasteiger partial charge in [0, 0.05) is 53.4 Å². The van der Waals surface area contributed by atoms with Crippen molar-refractivity contribution in [2.45, 2.75) is 72.1 Å². The number of hydrogen-bond donors (Lipinski definition) is 2. The van der Waals surface area contributed by atoms with Crippen molar-refractivity contribution in [1.82, 2.24) is 24.8 Å². The lowest BCUT2D eigenvalue weighted by molar-refractivity contribution is 0.0206. The summed E-state index contributed by atoms with van der Waals surface area (Å²) in [6, 6.07) is 16.0. The lowest BCUT2D eigenvalue weighted by atomic mass is 10.0. The van der Waals surface area contributed by atoms with E-state index in [1.54, 1.807) is 28.6 Å². The third kappa shape index (κ3) is 7.79. The molecule has 1 fully saturated rings. The zero-order valence-corrected chi connectivity index (χ0v) is 28.4. The van der Waals surface area contributed by atoms with E-state index in [-0.39, 0.29) is 12.1 Å². The van der Waals surface area contributed by atoms with Crippen molar-refractivity contribution >= 4 is 39.8 Å². The molecule has 10 nitrogen and oxygen atoms in total. The van der Waals surface area contributed by atoms with Gasteiger partial charge in [0.05, 0.1) is 28.5 Å². The predicted octanol–water partition coefficient (Wildman–Crippen LogP) is 8.23. The van der Waals surface area contributed by atoms with Gasteiger partial charge in [0.2, 0.25) is 11.8 Å². The molecule has 11 heteroatoms. The first kappa shape index (κ1) is 32.2. The second-order valence-electron chi connectivity index (χ2n) is 12.7. The van der Waals surface area contributed by atoms with Crippen LogP contribution in [-0.4, -0.2) is 55.7 Å². The summed E-state index contributed by atoms with van der Waals surface area (Å²) in [6.45, 7) is 11.6. The largest absolute Gasteiger partial charge is 0.444 e. The number of anilines is 2. The van der Waals surface area contributed by atoms with Crippen LogP contribution in [0.25, 0.3) is 22.0 Å². The number of benzene rings is 2. The van der Waals surface area contributed by atoms with E-state index in [1.165, 1.54) is 0 Å². The quantitative estimate of drug-likeness (QED) is 0.163.